The maximum absolute atomic E-state index is 12.6. The third-order valence-corrected chi connectivity index (χ3v) is 3.98. The molecule has 2 heterocycles. The number of anilines is 1. The third-order valence-electron chi connectivity index (χ3n) is 3.98. The summed E-state index contributed by atoms with van der Waals surface area (Å²) in [7, 11) is 4.03. The summed E-state index contributed by atoms with van der Waals surface area (Å²) in [6.07, 6.45) is 5.61. The standard InChI is InChI=1S/C16H26N4O/c1-4-7-18-15-10-17-8-5-14(15)16(21)20(3)12-13-6-9-19(2)11-13/h5,8,10,13,18H,4,6-7,9,11-12H2,1-3H3. The van der Waals surface area contributed by atoms with Crippen molar-refractivity contribution in [3.05, 3.63) is 24.0 Å². The van der Waals surface area contributed by atoms with Crippen LogP contribution in [-0.4, -0.2) is 61.0 Å². The van der Waals surface area contributed by atoms with E-state index in [1.165, 1.54) is 6.42 Å². The molecule has 0 spiro atoms. The number of hydrogen-bond acceptors (Lipinski definition) is 4. The first-order chi connectivity index (χ1) is 10.1. The second-order valence-corrected chi connectivity index (χ2v) is 5.95. The van der Waals surface area contributed by atoms with Crippen LogP contribution in [-0.2, 0) is 0 Å². The molecule has 0 saturated carbocycles. The molecule has 1 unspecified atom stereocenters. The maximum atomic E-state index is 12.6. The van der Waals surface area contributed by atoms with Gasteiger partial charge in [0.2, 0.25) is 0 Å². The van der Waals surface area contributed by atoms with E-state index in [1.54, 1.807) is 18.5 Å². The van der Waals surface area contributed by atoms with Gasteiger partial charge in [-0.3, -0.25) is 9.78 Å². The highest BCUT2D eigenvalue weighted by molar-refractivity contribution is 5.99. The van der Waals surface area contributed by atoms with Crippen molar-refractivity contribution >= 4 is 11.6 Å². The first kappa shape index (κ1) is 15.8. The topological polar surface area (TPSA) is 48.5 Å². The number of aromatic nitrogens is 1. The van der Waals surface area contributed by atoms with Gasteiger partial charge in [-0.25, -0.2) is 0 Å². The van der Waals surface area contributed by atoms with Crippen LogP contribution in [0.2, 0.25) is 0 Å². The van der Waals surface area contributed by atoms with Gasteiger partial charge >= 0.3 is 0 Å². The molecule has 5 heteroatoms. The second kappa shape index (κ2) is 7.41. The van der Waals surface area contributed by atoms with Crippen LogP contribution >= 0.6 is 0 Å². The quantitative estimate of drug-likeness (QED) is 0.869. The molecule has 2 rings (SSSR count). The van der Waals surface area contributed by atoms with Gasteiger partial charge in [0.05, 0.1) is 17.4 Å². The number of pyridine rings is 1. The Labute approximate surface area is 127 Å². The van der Waals surface area contributed by atoms with Crippen molar-refractivity contribution in [3.8, 4) is 0 Å². The van der Waals surface area contributed by atoms with E-state index < -0.39 is 0 Å². The van der Waals surface area contributed by atoms with Gasteiger partial charge in [0.15, 0.2) is 0 Å². The summed E-state index contributed by atoms with van der Waals surface area (Å²) in [6.45, 7) is 5.98. The third kappa shape index (κ3) is 4.17. The Kier molecular flexibility index (Phi) is 5.56. The highest BCUT2D eigenvalue weighted by atomic mass is 16.2. The minimum atomic E-state index is 0.0746. The summed E-state index contributed by atoms with van der Waals surface area (Å²) in [4.78, 5) is 20.9. The van der Waals surface area contributed by atoms with E-state index in [0.717, 1.165) is 38.3 Å². The fourth-order valence-corrected chi connectivity index (χ4v) is 2.83. The first-order valence-corrected chi connectivity index (χ1v) is 7.73. The molecular formula is C16H26N4O. The molecule has 0 radical (unpaired) electrons. The van der Waals surface area contributed by atoms with Crippen molar-refractivity contribution in [2.45, 2.75) is 19.8 Å². The molecule has 1 aromatic rings. The summed E-state index contributed by atoms with van der Waals surface area (Å²) in [6, 6.07) is 1.80. The number of carbonyl (C=O) groups is 1. The fraction of sp³-hybridized carbons (Fsp3) is 0.625. The van der Waals surface area contributed by atoms with Crippen molar-refractivity contribution in [1.82, 2.24) is 14.8 Å². The lowest BCUT2D eigenvalue weighted by Gasteiger charge is -2.22. The predicted octanol–water partition coefficient (Wildman–Crippen LogP) is 1.93. The lowest BCUT2D eigenvalue weighted by molar-refractivity contribution is 0.0775. The van der Waals surface area contributed by atoms with Crippen molar-refractivity contribution in [2.24, 2.45) is 5.92 Å². The summed E-state index contributed by atoms with van der Waals surface area (Å²) in [5.41, 5.74) is 1.55. The van der Waals surface area contributed by atoms with Crippen molar-refractivity contribution < 1.29 is 4.79 Å². The van der Waals surface area contributed by atoms with Gasteiger partial charge in [-0.05, 0) is 38.4 Å². The SMILES string of the molecule is CCCNc1cnccc1C(=O)N(C)CC1CCN(C)C1. The zero-order valence-corrected chi connectivity index (χ0v) is 13.3. The lowest BCUT2D eigenvalue weighted by Crippen LogP contribution is -2.33. The van der Waals surface area contributed by atoms with Crippen molar-refractivity contribution in [2.75, 3.05) is 45.6 Å². The largest absolute Gasteiger partial charge is 0.383 e. The number of amides is 1. The minimum absolute atomic E-state index is 0.0746. The molecule has 0 aromatic carbocycles. The number of hydrogen-bond donors (Lipinski definition) is 1. The van der Waals surface area contributed by atoms with Crippen LogP contribution in [0.5, 0.6) is 0 Å². The van der Waals surface area contributed by atoms with E-state index in [-0.39, 0.29) is 5.91 Å². The molecule has 1 atom stereocenters. The minimum Gasteiger partial charge on any atom is -0.383 e. The van der Waals surface area contributed by atoms with Crippen LogP contribution in [0.25, 0.3) is 0 Å². The monoisotopic (exact) mass is 290 g/mol. The molecule has 21 heavy (non-hydrogen) atoms. The normalized spacial score (nSPS) is 18.7. The maximum Gasteiger partial charge on any atom is 0.255 e. The number of nitrogens with zero attached hydrogens (tertiary/aromatic N) is 3. The lowest BCUT2D eigenvalue weighted by atomic mass is 10.1. The number of nitrogens with one attached hydrogen (secondary N) is 1. The van der Waals surface area contributed by atoms with Gasteiger partial charge in [0.1, 0.15) is 0 Å². The Hall–Kier alpha value is -1.62. The Balaban J connectivity index is 2.01. The van der Waals surface area contributed by atoms with Crippen LogP contribution in [0.3, 0.4) is 0 Å². The average Bonchev–Trinajstić information content (AvgIpc) is 2.89. The number of rotatable bonds is 6. The van der Waals surface area contributed by atoms with Gasteiger partial charge in [-0.2, -0.15) is 0 Å². The van der Waals surface area contributed by atoms with Crippen LogP contribution in [0.1, 0.15) is 30.1 Å². The molecule has 116 valence electrons. The summed E-state index contributed by atoms with van der Waals surface area (Å²) in [5, 5.41) is 3.28. The molecular weight excluding hydrogens is 264 g/mol. The summed E-state index contributed by atoms with van der Waals surface area (Å²) < 4.78 is 0. The Morgan fingerprint density at radius 3 is 3.05 bits per heavy atom. The van der Waals surface area contributed by atoms with Gasteiger partial charge in [0, 0.05) is 32.9 Å². The van der Waals surface area contributed by atoms with Crippen LogP contribution in [0.15, 0.2) is 18.5 Å². The second-order valence-electron chi connectivity index (χ2n) is 5.95. The molecule has 0 aliphatic carbocycles. The molecule has 1 aliphatic heterocycles. The zero-order valence-electron chi connectivity index (χ0n) is 13.3. The predicted molar refractivity (Wildman–Crippen MR) is 85.6 cm³/mol. The van der Waals surface area contributed by atoms with Gasteiger partial charge in [0.25, 0.3) is 5.91 Å². The fourth-order valence-electron chi connectivity index (χ4n) is 2.83. The molecule has 1 aromatic heterocycles. The van der Waals surface area contributed by atoms with E-state index in [0.29, 0.717) is 11.5 Å². The highest BCUT2D eigenvalue weighted by Gasteiger charge is 2.24. The molecule has 1 aliphatic rings. The first-order valence-electron chi connectivity index (χ1n) is 7.73. The highest BCUT2D eigenvalue weighted by Crippen LogP contribution is 2.19. The Morgan fingerprint density at radius 2 is 2.38 bits per heavy atom. The summed E-state index contributed by atoms with van der Waals surface area (Å²) in [5.74, 6) is 0.656. The molecule has 1 fully saturated rings. The molecule has 1 saturated heterocycles. The van der Waals surface area contributed by atoms with E-state index >= 15 is 0 Å². The van der Waals surface area contributed by atoms with Crippen LogP contribution in [0, 0.1) is 5.92 Å². The van der Waals surface area contributed by atoms with Crippen molar-refractivity contribution in [1.29, 1.82) is 0 Å². The average molecular weight is 290 g/mol. The van der Waals surface area contributed by atoms with Gasteiger partial charge in [-0.1, -0.05) is 6.92 Å². The smallest absolute Gasteiger partial charge is 0.255 e. The zero-order chi connectivity index (χ0) is 15.2. The number of likely N-dealkylation sites (tertiary alicyclic amines) is 1. The van der Waals surface area contributed by atoms with E-state index in [1.807, 2.05) is 11.9 Å². The molecule has 1 N–H and O–H groups in total. The van der Waals surface area contributed by atoms with Crippen molar-refractivity contribution in [3.63, 3.8) is 0 Å². The van der Waals surface area contributed by atoms with E-state index in [4.69, 9.17) is 0 Å². The molecule has 5 nitrogen and oxygen atoms in total. The van der Waals surface area contributed by atoms with E-state index in [2.05, 4.69) is 29.2 Å². The summed E-state index contributed by atoms with van der Waals surface area (Å²) >= 11 is 0. The molecule has 0 bridgehead atoms. The number of carbonyl (C=O) groups excluding carboxylic acids is 1. The van der Waals surface area contributed by atoms with Gasteiger partial charge in [-0.15, -0.1) is 0 Å². The van der Waals surface area contributed by atoms with Gasteiger partial charge < -0.3 is 15.1 Å². The molecule has 1 amide bonds. The Morgan fingerprint density at radius 1 is 1.57 bits per heavy atom. The van der Waals surface area contributed by atoms with E-state index in [9.17, 15) is 4.79 Å². The van der Waals surface area contributed by atoms with Crippen LogP contribution < -0.4 is 5.32 Å². The Bertz CT molecular complexity index is 477. The van der Waals surface area contributed by atoms with Crippen LogP contribution in [0.4, 0.5) is 5.69 Å².